The lowest BCUT2D eigenvalue weighted by Gasteiger charge is -2.10. The Morgan fingerprint density at radius 2 is 1.84 bits per heavy atom. The van der Waals surface area contributed by atoms with Crippen molar-refractivity contribution in [2.24, 2.45) is 0 Å². The van der Waals surface area contributed by atoms with Crippen LogP contribution < -0.4 is 5.32 Å². The van der Waals surface area contributed by atoms with Crippen LogP contribution in [0.5, 0.6) is 11.5 Å². The Kier molecular flexibility index (Phi) is 4.90. The molecule has 5 nitrogen and oxygen atoms in total. The molecule has 6 heteroatoms. The number of aromatic hydroxyl groups is 2. The lowest BCUT2D eigenvalue weighted by Crippen LogP contribution is -2.18. The van der Waals surface area contributed by atoms with Gasteiger partial charge in [0, 0.05) is 23.1 Å². The van der Waals surface area contributed by atoms with Crippen LogP contribution in [0.15, 0.2) is 53.9 Å². The maximum Gasteiger partial charge on any atom is 0.407 e. The van der Waals surface area contributed by atoms with Crippen LogP contribution in [-0.2, 0) is 11.3 Å². The molecule has 3 rings (SSSR count). The number of rotatable bonds is 4. The zero-order chi connectivity index (χ0) is 17.8. The van der Waals surface area contributed by atoms with Crippen molar-refractivity contribution >= 4 is 17.4 Å². The summed E-state index contributed by atoms with van der Waals surface area (Å²) in [6, 6.07) is 14.5. The average Bonchev–Trinajstić information content (AvgIpc) is 3.06. The van der Waals surface area contributed by atoms with Crippen molar-refractivity contribution in [3.8, 4) is 33.1 Å². The summed E-state index contributed by atoms with van der Waals surface area (Å²) in [5.41, 5.74) is 3.47. The first-order valence-electron chi connectivity index (χ1n) is 7.62. The molecule has 2 aromatic carbocycles. The van der Waals surface area contributed by atoms with Gasteiger partial charge >= 0.3 is 6.09 Å². The third-order valence-electron chi connectivity index (χ3n) is 3.73. The molecule has 0 saturated carbocycles. The van der Waals surface area contributed by atoms with Gasteiger partial charge in [0.2, 0.25) is 0 Å². The molecule has 3 aromatic rings. The number of ether oxygens (including phenoxy) is 1. The van der Waals surface area contributed by atoms with Crippen LogP contribution in [0.2, 0.25) is 0 Å². The second kappa shape index (κ2) is 7.27. The van der Waals surface area contributed by atoms with Crippen LogP contribution in [0.4, 0.5) is 4.79 Å². The first-order valence-corrected chi connectivity index (χ1v) is 8.50. The number of benzene rings is 2. The summed E-state index contributed by atoms with van der Waals surface area (Å²) in [5.74, 6) is -0.371. The monoisotopic (exact) mass is 355 g/mol. The van der Waals surface area contributed by atoms with Gasteiger partial charge in [0.25, 0.3) is 0 Å². The van der Waals surface area contributed by atoms with Crippen molar-refractivity contribution in [1.29, 1.82) is 0 Å². The maximum atomic E-state index is 11.4. The second-order valence-corrected chi connectivity index (χ2v) is 6.24. The first kappa shape index (κ1) is 16.9. The standard InChI is InChI=1S/C19H17NO4S/c1-20-19(23)24-10-14-11-25-18(12-5-3-2-4-6-12)17(14)13-7-8-15(21)16(22)9-13/h2-9,11,21-22H,10H2,1H3,(H,20,23). The van der Waals surface area contributed by atoms with Crippen molar-refractivity contribution in [3.63, 3.8) is 0 Å². The number of carbonyl (C=O) groups excluding carboxylic acids is 1. The van der Waals surface area contributed by atoms with E-state index in [0.29, 0.717) is 0 Å². The minimum absolute atomic E-state index is 0.111. The summed E-state index contributed by atoms with van der Waals surface area (Å²) < 4.78 is 5.19. The Morgan fingerprint density at radius 3 is 2.52 bits per heavy atom. The van der Waals surface area contributed by atoms with E-state index in [-0.39, 0.29) is 18.1 Å². The summed E-state index contributed by atoms with van der Waals surface area (Å²) in [4.78, 5) is 12.4. The van der Waals surface area contributed by atoms with Crippen LogP contribution >= 0.6 is 11.3 Å². The minimum Gasteiger partial charge on any atom is -0.504 e. The molecule has 0 saturated heterocycles. The molecule has 0 bridgehead atoms. The van der Waals surface area contributed by atoms with Crippen molar-refractivity contribution < 1.29 is 19.7 Å². The van der Waals surface area contributed by atoms with Gasteiger partial charge in [-0.25, -0.2) is 4.79 Å². The lowest BCUT2D eigenvalue weighted by molar-refractivity contribution is 0.142. The molecule has 1 aromatic heterocycles. The normalized spacial score (nSPS) is 10.4. The molecule has 0 aliphatic rings. The van der Waals surface area contributed by atoms with Crippen LogP contribution in [-0.4, -0.2) is 23.4 Å². The number of hydrogen-bond donors (Lipinski definition) is 3. The van der Waals surface area contributed by atoms with E-state index in [1.165, 1.54) is 30.5 Å². The van der Waals surface area contributed by atoms with E-state index in [1.54, 1.807) is 6.07 Å². The van der Waals surface area contributed by atoms with Gasteiger partial charge in [-0.15, -0.1) is 11.3 Å². The number of nitrogens with one attached hydrogen (secondary N) is 1. The molecule has 3 N–H and O–H groups in total. The largest absolute Gasteiger partial charge is 0.504 e. The van der Waals surface area contributed by atoms with E-state index in [9.17, 15) is 15.0 Å². The smallest absolute Gasteiger partial charge is 0.407 e. The van der Waals surface area contributed by atoms with E-state index in [1.807, 2.05) is 35.7 Å². The summed E-state index contributed by atoms with van der Waals surface area (Å²) in [6.07, 6.45) is -0.507. The fourth-order valence-corrected chi connectivity index (χ4v) is 3.60. The minimum atomic E-state index is -0.507. The number of phenols is 2. The van der Waals surface area contributed by atoms with Gasteiger partial charge in [0.15, 0.2) is 11.5 Å². The van der Waals surface area contributed by atoms with Gasteiger partial charge in [0.05, 0.1) is 0 Å². The number of alkyl carbamates (subject to hydrolysis) is 1. The molecule has 0 aliphatic carbocycles. The van der Waals surface area contributed by atoms with Gasteiger partial charge in [-0.05, 0) is 28.6 Å². The Balaban J connectivity index is 2.09. The van der Waals surface area contributed by atoms with Crippen LogP contribution in [0.1, 0.15) is 5.56 Å². The van der Waals surface area contributed by atoms with Crippen molar-refractivity contribution in [2.75, 3.05) is 7.05 Å². The maximum absolute atomic E-state index is 11.4. The van der Waals surface area contributed by atoms with Crippen molar-refractivity contribution in [3.05, 3.63) is 59.5 Å². The zero-order valence-corrected chi connectivity index (χ0v) is 14.3. The number of hydrogen-bond acceptors (Lipinski definition) is 5. The predicted molar refractivity (Wildman–Crippen MR) is 97.8 cm³/mol. The van der Waals surface area contributed by atoms with Crippen LogP contribution in [0, 0.1) is 0 Å². The number of carbonyl (C=O) groups is 1. The molecule has 0 aliphatic heterocycles. The molecule has 1 heterocycles. The highest BCUT2D eigenvalue weighted by Gasteiger charge is 2.17. The van der Waals surface area contributed by atoms with Crippen LogP contribution in [0.3, 0.4) is 0 Å². The van der Waals surface area contributed by atoms with E-state index in [0.717, 1.165) is 27.1 Å². The van der Waals surface area contributed by atoms with Crippen molar-refractivity contribution in [2.45, 2.75) is 6.61 Å². The SMILES string of the molecule is CNC(=O)OCc1csc(-c2ccccc2)c1-c1ccc(O)c(O)c1. The summed E-state index contributed by atoms with van der Waals surface area (Å²) in [5, 5.41) is 23.8. The quantitative estimate of drug-likeness (QED) is 0.608. The number of thiophene rings is 1. The van der Waals surface area contributed by atoms with Gasteiger partial charge in [-0.1, -0.05) is 36.4 Å². The summed E-state index contributed by atoms with van der Waals surface area (Å²) in [6.45, 7) is 0.111. The third kappa shape index (κ3) is 3.59. The average molecular weight is 355 g/mol. The molecular weight excluding hydrogens is 338 g/mol. The highest BCUT2D eigenvalue weighted by Crippen LogP contribution is 2.42. The number of amides is 1. The highest BCUT2D eigenvalue weighted by atomic mass is 32.1. The summed E-state index contributed by atoms with van der Waals surface area (Å²) >= 11 is 1.54. The zero-order valence-electron chi connectivity index (χ0n) is 13.5. The van der Waals surface area contributed by atoms with E-state index >= 15 is 0 Å². The predicted octanol–water partition coefficient (Wildman–Crippen LogP) is 4.35. The Bertz CT molecular complexity index is 890. The second-order valence-electron chi connectivity index (χ2n) is 5.36. The van der Waals surface area contributed by atoms with Gasteiger partial charge in [0.1, 0.15) is 6.61 Å². The fraction of sp³-hybridized carbons (Fsp3) is 0.105. The molecule has 25 heavy (non-hydrogen) atoms. The Hall–Kier alpha value is -2.99. The van der Waals surface area contributed by atoms with Crippen LogP contribution in [0.25, 0.3) is 21.6 Å². The molecule has 0 radical (unpaired) electrons. The number of phenolic OH excluding ortho intramolecular Hbond substituents is 2. The van der Waals surface area contributed by atoms with Gasteiger partial charge < -0.3 is 20.3 Å². The highest BCUT2D eigenvalue weighted by molar-refractivity contribution is 7.14. The van der Waals surface area contributed by atoms with E-state index in [4.69, 9.17) is 4.74 Å². The van der Waals surface area contributed by atoms with Gasteiger partial charge in [-0.2, -0.15) is 0 Å². The molecule has 0 atom stereocenters. The molecule has 1 amide bonds. The molecular formula is C19H17NO4S. The molecule has 128 valence electrons. The molecule has 0 unspecified atom stereocenters. The van der Waals surface area contributed by atoms with E-state index < -0.39 is 6.09 Å². The molecule has 0 spiro atoms. The Labute approximate surface area is 149 Å². The van der Waals surface area contributed by atoms with E-state index in [2.05, 4.69) is 5.32 Å². The lowest BCUT2D eigenvalue weighted by atomic mass is 9.98. The fourth-order valence-electron chi connectivity index (χ4n) is 2.51. The van der Waals surface area contributed by atoms with Gasteiger partial charge in [-0.3, -0.25) is 0 Å². The Morgan fingerprint density at radius 1 is 1.08 bits per heavy atom. The van der Waals surface area contributed by atoms with Crippen molar-refractivity contribution in [1.82, 2.24) is 5.32 Å². The molecule has 0 fully saturated rings. The first-order chi connectivity index (χ1) is 12.1. The third-order valence-corrected chi connectivity index (χ3v) is 4.81. The topological polar surface area (TPSA) is 78.8 Å². The summed E-state index contributed by atoms with van der Waals surface area (Å²) in [7, 11) is 1.50.